The zero-order valence-electron chi connectivity index (χ0n) is 46.8. The molecule has 0 bridgehead atoms. The van der Waals surface area contributed by atoms with E-state index in [9.17, 15) is 0 Å². The van der Waals surface area contributed by atoms with E-state index < -0.39 is 0 Å². The van der Waals surface area contributed by atoms with Crippen LogP contribution in [0.1, 0.15) is 126 Å². The average molecular weight is 1040 g/mol. The molecule has 6 heteroatoms. The van der Waals surface area contributed by atoms with Crippen LogP contribution < -0.4 is 20.4 Å². The Balaban J connectivity index is 0.858. The van der Waals surface area contributed by atoms with Crippen molar-refractivity contribution in [2.45, 2.75) is 122 Å². The number of rotatable bonds is 6. The molecule has 1 saturated heterocycles. The maximum absolute atomic E-state index is 7.24. The molecule has 8 aliphatic rings. The third-order valence-electron chi connectivity index (χ3n) is 19.2. The summed E-state index contributed by atoms with van der Waals surface area (Å²) >= 11 is 0. The van der Waals surface area contributed by atoms with Crippen LogP contribution >= 0.6 is 0 Å². The molecule has 17 rings (SSSR count). The molecule has 0 spiro atoms. The van der Waals surface area contributed by atoms with Crippen LogP contribution in [0.4, 0.5) is 17.1 Å². The van der Waals surface area contributed by atoms with Crippen molar-refractivity contribution >= 4 is 95.3 Å². The van der Waals surface area contributed by atoms with Gasteiger partial charge in [0, 0.05) is 82.4 Å². The molecule has 1 fully saturated rings. The number of fused-ring (bicyclic) bond motifs is 18. The smallest absolute Gasteiger partial charge is 0.155 e. The van der Waals surface area contributed by atoms with E-state index >= 15 is 0 Å². The van der Waals surface area contributed by atoms with Crippen molar-refractivity contribution in [3.8, 4) is 0 Å². The second-order valence-corrected chi connectivity index (χ2v) is 25.8. The van der Waals surface area contributed by atoms with E-state index in [4.69, 9.17) is 8.83 Å². The van der Waals surface area contributed by atoms with Crippen LogP contribution in [-0.4, -0.2) is 21.4 Å². The summed E-state index contributed by atoms with van der Waals surface area (Å²) in [5.74, 6) is 2.19. The van der Waals surface area contributed by atoms with Gasteiger partial charge >= 0.3 is 0 Å². The number of aromatic nitrogens is 1. The van der Waals surface area contributed by atoms with Crippen LogP contribution in [0.2, 0.25) is 0 Å². The molecular formula is C74H66N4O2. The minimum absolute atomic E-state index is 0.0432. The predicted octanol–water partition coefficient (Wildman–Crippen LogP) is 17.1. The van der Waals surface area contributed by atoms with Gasteiger partial charge in [-0.15, -0.1) is 0 Å². The highest BCUT2D eigenvalue weighted by molar-refractivity contribution is 6.21. The number of para-hydroxylation sites is 3. The molecule has 2 unspecified atom stereocenters. The summed E-state index contributed by atoms with van der Waals surface area (Å²) in [4.78, 5) is 7.98. The van der Waals surface area contributed by atoms with Gasteiger partial charge in [-0.25, -0.2) is 0 Å². The molecule has 0 N–H and O–H groups in total. The quantitative estimate of drug-likeness (QED) is 0.166. The maximum Gasteiger partial charge on any atom is 0.155 e. The van der Waals surface area contributed by atoms with Crippen molar-refractivity contribution in [1.82, 2.24) is 9.30 Å². The number of benzene rings is 5. The SMILES string of the molecule is CC(C)(C)c1cccc2c3c(oc12)C(N(c1ccccc1)c1ccc2c4cc5c(cc4n4c6c(c1c24)=CCCC=6)C1=CC=C(N(C2=CCCc4c2oc2c(C(C)(C)C)cccc42)C2C=CC=CC2)[C@@H]2C4=CCCC=C4N5C12)=CCC3. The van der Waals surface area contributed by atoms with Crippen molar-refractivity contribution in [1.29, 1.82) is 0 Å². The Bertz CT molecular complexity index is 4610. The largest absolute Gasteiger partial charge is 0.454 e. The van der Waals surface area contributed by atoms with Gasteiger partial charge in [0.1, 0.15) is 11.2 Å². The molecule has 9 aromatic rings. The number of aryl methyl sites for hydroxylation is 2. The van der Waals surface area contributed by atoms with Crippen LogP contribution in [0.15, 0.2) is 178 Å². The summed E-state index contributed by atoms with van der Waals surface area (Å²) in [6.45, 7) is 13.8. The molecule has 5 aromatic carbocycles. The fraction of sp³-hybridized carbons (Fsp3) is 0.270. The Morgan fingerprint density at radius 1 is 0.600 bits per heavy atom. The van der Waals surface area contributed by atoms with Crippen molar-refractivity contribution in [3.63, 3.8) is 0 Å². The van der Waals surface area contributed by atoms with Gasteiger partial charge in [-0.1, -0.05) is 169 Å². The number of allylic oxidation sites excluding steroid dienone is 9. The first-order valence-corrected chi connectivity index (χ1v) is 29.7. The number of nitrogens with zero attached hydrogens (tertiary/aromatic N) is 4. The summed E-state index contributed by atoms with van der Waals surface area (Å²) in [7, 11) is 0. The normalized spacial score (nSPS) is 20.8. The lowest BCUT2D eigenvalue weighted by molar-refractivity contribution is 0.359. The van der Waals surface area contributed by atoms with Crippen molar-refractivity contribution in [2.24, 2.45) is 5.92 Å². The molecule has 0 amide bonds. The molecule has 6 aliphatic carbocycles. The summed E-state index contributed by atoms with van der Waals surface area (Å²) in [6, 6.07) is 34.9. The molecule has 6 heterocycles. The van der Waals surface area contributed by atoms with E-state index in [-0.39, 0.29) is 28.8 Å². The second-order valence-electron chi connectivity index (χ2n) is 25.8. The monoisotopic (exact) mass is 1040 g/mol. The summed E-state index contributed by atoms with van der Waals surface area (Å²) in [5.41, 5.74) is 22.7. The van der Waals surface area contributed by atoms with Gasteiger partial charge in [-0.05, 0) is 116 Å². The van der Waals surface area contributed by atoms with Gasteiger partial charge in [-0.2, -0.15) is 0 Å². The molecule has 2 aliphatic heterocycles. The molecule has 394 valence electrons. The minimum atomic E-state index is -0.0576. The highest BCUT2D eigenvalue weighted by atomic mass is 16.3. The highest BCUT2D eigenvalue weighted by Crippen LogP contribution is 2.61. The maximum atomic E-state index is 7.24. The first-order valence-electron chi connectivity index (χ1n) is 29.7. The summed E-state index contributed by atoms with van der Waals surface area (Å²) in [5, 5.41) is 9.08. The molecule has 6 nitrogen and oxygen atoms in total. The number of furan rings is 2. The Kier molecular flexibility index (Phi) is 9.73. The first kappa shape index (κ1) is 46.7. The molecule has 3 atom stereocenters. The topological polar surface area (TPSA) is 40.4 Å². The summed E-state index contributed by atoms with van der Waals surface area (Å²) in [6.07, 6.45) is 38.3. The Morgan fingerprint density at radius 2 is 1.30 bits per heavy atom. The molecular weight excluding hydrogens is 977 g/mol. The summed E-state index contributed by atoms with van der Waals surface area (Å²) < 4.78 is 17.1. The van der Waals surface area contributed by atoms with Gasteiger partial charge in [0.25, 0.3) is 0 Å². The zero-order valence-corrected chi connectivity index (χ0v) is 46.8. The van der Waals surface area contributed by atoms with Crippen molar-refractivity contribution in [2.75, 3.05) is 9.80 Å². The molecule has 0 radical (unpaired) electrons. The lowest BCUT2D eigenvalue weighted by Crippen LogP contribution is -2.40. The van der Waals surface area contributed by atoms with Gasteiger partial charge in [0.05, 0.1) is 51.8 Å². The van der Waals surface area contributed by atoms with Crippen molar-refractivity contribution in [3.05, 3.63) is 219 Å². The zero-order chi connectivity index (χ0) is 53.5. The van der Waals surface area contributed by atoms with E-state index in [0.717, 1.165) is 91.9 Å². The van der Waals surface area contributed by atoms with Gasteiger partial charge in [-0.3, -0.25) is 0 Å². The molecule has 4 aromatic heterocycles. The van der Waals surface area contributed by atoms with Gasteiger partial charge < -0.3 is 27.9 Å². The van der Waals surface area contributed by atoms with E-state index in [2.05, 4.69) is 225 Å². The van der Waals surface area contributed by atoms with E-state index in [1.54, 1.807) is 0 Å². The van der Waals surface area contributed by atoms with Crippen LogP contribution in [-0.2, 0) is 23.7 Å². The van der Waals surface area contributed by atoms with Crippen LogP contribution in [0.25, 0.3) is 78.2 Å². The van der Waals surface area contributed by atoms with E-state index in [1.807, 2.05) is 0 Å². The van der Waals surface area contributed by atoms with Crippen molar-refractivity contribution < 1.29 is 8.83 Å². The Morgan fingerprint density at radius 3 is 2.02 bits per heavy atom. The lowest BCUT2D eigenvalue weighted by atomic mass is 9.79. The van der Waals surface area contributed by atoms with Gasteiger partial charge in [0.2, 0.25) is 0 Å². The fourth-order valence-corrected chi connectivity index (χ4v) is 15.8. The Hall–Kier alpha value is -8.22. The van der Waals surface area contributed by atoms with Gasteiger partial charge in [0.15, 0.2) is 11.5 Å². The van der Waals surface area contributed by atoms with E-state index in [0.29, 0.717) is 0 Å². The lowest BCUT2D eigenvalue weighted by Gasteiger charge is -2.41. The number of anilines is 3. The predicted molar refractivity (Wildman–Crippen MR) is 332 cm³/mol. The second kappa shape index (κ2) is 16.7. The molecule has 80 heavy (non-hydrogen) atoms. The molecule has 0 saturated carbocycles. The van der Waals surface area contributed by atoms with E-state index in [1.165, 1.54) is 116 Å². The fourth-order valence-electron chi connectivity index (χ4n) is 15.8. The number of hydrogen-bond donors (Lipinski definition) is 0. The third kappa shape index (κ3) is 6.36. The van der Waals surface area contributed by atoms with Crippen LogP contribution in [0, 0.1) is 5.92 Å². The minimum Gasteiger partial charge on any atom is -0.454 e. The third-order valence-corrected chi connectivity index (χ3v) is 19.2. The Labute approximate surface area is 467 Å². The average Bonchev–Trinajstić information content (AvgIpc) is 4.48. The van der Waals surface area contributed by atoms with Crippen LogP contribution in [0.5, 0.6) is 0 Å². The number of hydrogen-bond acceptors (Lipinski definition) is 5. The standard InChI is InChI=1S/C74H66N4O2/c1-73(2,3)55-31-17-27-47-49-29-19-35-61(71(49)79-69(47)55)75(43-21-9-7-10-22-43)59-39-37-45-53-41-64-54(42-63(53)77-57-33-15-13-25-51(57)65(59)67(45)77)46-38-40-60(66-52-26-14-16-34-58(52)78(64)68(46)66)76(44-23-11-8-12-24-44)62-36-20-30-50-48-28-18-32-56(74(4,5)6)70(48)80-72(50)62/h7-12,17-18,21-23,25-28,31-42,44,66,68H,13-16,19-20,24,29-30H2,1-6H3/t44?,66-,68?/m0/s1. The highest BCUT2D eigenvalue weighted by Gasteiger charge is 2.54. The first-order chi connectivity index (χ1) is 39.0. The van der Waals surface area contributed by atoms with Crippen LogP contribution in [0.3, 0.4) is 0 Å².